The van der Waals surface area contributed by atoms with Gasteiger partial charge in [-0.2, -0.15) is 0 Å². The molecule has 0 fully saturated rings. The van der Waals surface area contributed by atoms with Crippen molar-refractivity contribution in [2.45, 2.75) is 26.8 Å². The van der Waals surface area contributed by atoms with Crippen LogP contribution in [0.3, 0.4) is 0 Å². The minimum absolute atomic E-state index is 0.175. The normalized spacial score (nSPS) is 16.8. The maximum atomic E-state index is 12.8. The number of allylic oxidation sites excluding steroid dienone is 1. The summed E-state index contributed by atoms with van der Waals surface area (Å²) in [6.07, 6.45) is 1.90. The van der Waals surface area contributed by atoms with Crippen molar-refractivity contribution in [1.82, 2.24) is 4.90 Å². The number of halogens is 1. The summed E-state index contributed by atoms with van der Waals surface area (Å²) in [5.41, 5.74) is 3.45. The average Bonchev–Trinajstić information content (AvgIpc) is 3.27. The van der Waals surface area contributed by atoms with E-state index in [1.165, 1.54) is 11.8 Å². The van der Waals surface area contributed by atoms with Crippen LogP contribution in [0.25, 0.3) is 0 Å². The Labute approximate surface area is 207 Å². The van der Waals surface area contributed by atoms with E-state index in [1.54, 1.807) is 25.1 Å². The molecule has 0 aromatic heterocycles. The molecular formula is C25H24ClN3O4S. The van der Waals surface area contributed by atoms with Gasteiger partial charge in [0.1, 0.15) is 5.75 Å². The van der Waals surface area contributed by atoms with Gasteiger partial charge in [-0.05, 0) is 61.6 Å². The Morgan fingerprint density at radius 2 is 2.03 bits per heavy atom. The molecule has 2 aliphatic rings. The molecule has 1 N–H and O–H groups in total. The van der Waals surface area contributed by atoms with E-state index >= 15 is 0 Å². The fourth-order valence-electron chi connectivity index (χ4n) is 3.69. The molecule has 9 heteroatoms. The zero-order valence-corrected chi connectivity index (χ0v) is 20.6. The molecule has 0 bridgehead atoms. The third-order valence-corrected chi connectivity index (χ3v) is 6.49. The average molecular weight is 498 g/mol. The maximum absolute atomic E-state index is 12.8. The van der Waals surface area contributed by atoms with Crippen molar-refractivity contribution in [3.63, 3.8) is 0 Å². The number of amides is 1. The van der Waals surface area contributed by atoms with Crippen molar-refractivity contribution in [2.75, 3.05) is 18.5 Å². The van der Waals surface area contributed by atoms with Crippen LogP contribution in [0.5, 0.6) is 5.75 Å². The SMILES string of the molecule is CCOC(=O)C1=C(C)N=C2SC=CN2[C@H]1c1cccc(OCC(=O)Nc2ccc(C)c(Cl)c2)c1. The number of fused-ring (bicyclic) bond motifs is 1. The van der Waals surface area contributed by atoms with Crippen LogP contribution in [0.1, 0.15) is 31.0 Å². The lowest BCUT2D eigenvalue weighted by atomic mass is 9.94. The smallest absolute Gasteiger partial charge is 0.338 e. The molecule has 34 heavy (non-hydrogen) atoms. The second kappa shape index (κ2) is 10.4. The van der Waals surface area contributed by atoms with Gasteiger partial charge in [0.05, 0.1) is 23.9 Å². The van der Waals surface area contributed by atoms with Gasteiger partial charge in [0.25, 0.3) is 5.91 Å². The minimum atomic E-state index is -0.412. The molecule has 1 atom stereocenters. The molecule has 0 aliphatic carbocycles. The largest absolute Gasteiger partial charge is 0.484 e. The summed E-state index contributed by atoms with van der Waals surface area (Å²) >= 11 is 7.62. The van der Waals surface area contributed by atoms with Gasteiger partial charge in [-0.3, -0.25) is 4.79 Å². The standard InChI is InChI=1S/C25H24ClN3O4S/c1-4-32-24(31)22-16(3)27-25-29(10-11-34-25)23(22)17-6-5-7-19(12-17)33-14-21(30)28-18-9-8-15(2)20(26)13-18/h5-13,23H,4,14H2,1-3H3,(H,28,30)/t23-/m0/s1. The van der Waals surface area contributed by atoms with Crippen LogP contribution in [-0.4, -0.2) is 35.2 Å². The summed E-state index contributed by atoms with van der Waals surface area (Å²) in [5.74, 6) is -0.199. The topological polar surface area (TPSA) is 80.2 Å². The Morgan fingerprint density at radius 1 is 1.21 bits per heavy atom. The van der Waals surface area contributed by atoms with Crippen molar-refractivity contribution in [3.8, 4) is 5.75 Å². The van der Waals surface area contributed by atoms with E-state index in [2.05, 4.69) is 10.3 Å². The zero-order chi connectivity index (χ0) is 24.2. The van der Waals surface area contributed by atoms with E-state index in [-0.39, 0.29) is 19.1 Å². The minimum Gasteiger partial charge on any atom is -0.484 e. The molecule has 2 aliphatic heterocycles. The number of thioether (sulfide) groups is 1. The van der Waals surface area contributed by atoms with Gasteiger partial charge in [0.2, 0.25) is 0 Å². The van der Waals surface area contributed by atoms with E-state index < -0.39 is 12.0 Å². The number of hydrogen-bond acceptors (Lipinski definition) is 7. The van der Waals surface area contributed by atoms with Crippen LogP contribution in [0.15, 0.2) is 70.3 Å². The number of aliphatic imine (C=N–C) groups is 1. The summed E-state index contributed by atoms with van der Waals surface area (Å²) in [4.78, 5) is 31.7. The van der Waals surface area contributed by atoms with Gasteiger partial charge in [0, 0.05) is 16.9 Å². The number of carbonyl (C=O) groups excluding carboxylic acids is 2. The molecule has 2 aromatic carbocycles. The van der Waals surface area contributed by atoms with Gasteiger partial charge in [0.15, 0.2) is 11.8 Å². The Kier molecular flexibility index (Phi) is 7.29. The van der Waals surface area contributed by atoms with E-state index in [0.29, 0.717) is 27.7 Å². The number of benzene rings is 2. The number of nitrogens with zero attached hydrogens (tertiary/aromatic N) is 2. The first-order valence-corrected chi connectivity index (χ1v) is 12.0. The van der Waals surface area contributed by atoms with Crippen molar-refractivity contribution in [1.29, 1.82) is 0 Å². The first-order chi connectivity index (χ1) is 16.4. The van der Waals surface area contributed by atoms with Gasteiger partial charge in [-0.1, -0.05) is 41.6 Å². The molecule has 2 aromatic rings. The number of nitrogens with one attached hydrogen (secondary N) is 1. The third kappa shape index (κ3) is 5.13. The second-order valence-corrected chi connectivity index (χ2v) is 8.98. The quantitative estimate of drug-likeness (QED) is 0.513. The molecule has 1 amide bonds. The van der Waals surface area contributed by atoms with Crippen molar-refractivity contribution < 1.29 is 19.1 Å². The van der Waals surface area contributed by atoms with Crippen LogP contribution in [-0.2, 0) is 14.3 Å². The van der Waals surface area contributed by atoms with Gasteiger partial charge >= 0.3 is 5.97 Å². The Bertz CT molecular complexity index is 1220. The fraction of sp³-hybridized carbons (Fsp3) is 0.240. The predicted molar refractivity (Wildman–Crippen MR) is 135 cm³/mol. The Morgan fingerprint density at radius 3 is 2.79 bits per heavy atom. The third-order valence-electron chi connectivity index (χ3n) is 5.32. The summed E-state index contributed by atoms with van der Waals surface area (Å²) in [6, 6.07) is 12.3. The highest BCUT2D eigenvalue weighted by Crippen LogP contribution is 2.41. The number of aryl methyl sites for hydroxylation is 1. The number of amidine groups is 1. The van der Waals surface area contributed by atoms with Crippen LogP contribution < -0.4 is 10.1 Å². The van der Waals surface area contributed by atoms with Crippen LogP contribution in [0.2, 0.25) is 5.02 Å². The Hall–Kier alpha value is -3.23. The molecule has 0 radical (unpaired) electrons. The van der Waals surface area contributed by atoms with E-state index in [9.17, 15) is 9.59 Å². The highest BCUT2D eigenvalue weighted by atomic mass is 35.5. The van der Waals surface area contributed by atoms with Gasteiger partial charge < -0.3 is 19.7 Å². The van der Waals surface area contributed by atoms with Crippen molar-refractivity contribution in [3.05, 3.63) is 81.5 Å². The Balaban J connectivity index is 1.52. The second-order valence-electron chi connectivity index (χ2n) is 7.70. The van der Waals surface area contributed by atoms with Crippen LogP contribution >= 0.6 is 23.4 Å². The first-order valence-electron chi connectivity index (χ1n) is 10.7. The highest BCUT2D eigenvalue weighted by molar-refractivity contribution is 8.16. The molecule has 0 spiro atoms. The van der Waals surface area contributed by atoms with Crippen molar-refractivity contribution >= 4 is 46.1 Å². The monoisotopic (exact) mass is 497 g/mol. The highest BCUT2D eigenvalue weighted by Gasteiger charge is 2.37. The fourth-order valence-corrected chi connectivity index (χ4v) is 4.66. The van der Waals surface area contributed by atoms with Crippen LogP contribution in [0.4, 0.5) is 5.69 Å². The number of esters is 1. The number of ether oxygens (including phenoxy) is 2. The summed E-state index contributed by atoms with van der Waals surface area (Å²) in [5, 5.41) is 6.07. The lowest BCUT2D eigenvalue weighted by Gasteiger charge is -2.33. The summed E-state index contributed by atoms with van der Waals surface area (Å²) < 4.78 is 11.1. The van der Waals surface area contributed by atoms with Gasteiger partial charge in [-0.25, -0.2) is 9.79 Å². The number of carbonyl (C=O) groups is 2. The van der Waals surface area contributed by atoms with Crippen molar-refractivity contribution in [2.24, 2.45) is 4.99 Å². The molecule has 0 saturated carbocycles. The lowest BCUT2D eigenvalue weighted by molar-refractivity contribution is -0.139. The summed E-state index contributed by atoms with van der Waals surface area (Å²) in [7, 11) is 0. The van der Waals surface area contributed by atoms with E-state index in [0.717, 1.165) is 16.3 Å². The number of rotatable bonds is 7. The van der Waals surface area contributed by atoms with E-state index in [4.69, 9.17) is 21.1 Å². The predicted octanol–water partition coefficient (Wildman–Crippen LogP) is 5.43. The molecule has 7 nitrogen and oxygen atoms in total. The maximum Gasteiger partial charge on any atom is 0.338 e. The molecule has 2 heterocycles. The lowest BCUT2D eigenvalue weighted by Crippen LogP contribution is -2.34. The number of anilines is 1. The molecule has 176 valence electrons. The summed E-state index contributed by atoms with van der Waals surface area (Å²) in [6.45, 7) is 5.58. The number of hydrogen-bond donors (Lipinski definition) is 1. The van der Waals surface area contributed by atoms with E-state index in [1.807, 2.05) is 54.6 Å². The van der Waals surface area contributed by atoms with Gasteiger partial charge in [-0.15, -0.1) is 0 Å². The zero-order valence-electron chi connectivity index (χ0n) is 19.0. The molecule has 0 unspecified atom stereocenters. The molecule has 4 rings (SSSR count). The molecular weight excluding hydrogens is 474 g/mol. The first kappa shape index (κ1) is 23.9. The van der Waals surface area contributed by atoms with Crippen LogP contribution in [0, 0.1) is 6.92 Å². The molecule has 0 saturated heterocycles.